The molecule has 1 atom stereocenters. The summed E-state index contributed by atoms with van der Waals surface area (Å²) in [5.41, 5.74) is 2.64. The molecule has 1 amide bonds. The number of aromatic carboxylic acids is 1. The Labute approximate surface area is 136 Å². The average molecular weight is 333 g/mol. The molecule has 2 aromatic rings. The van der Waals surface area contributed by atoms with E-state index in [1.54, 1.807) is 6.07 Å². The van der Waals surface area contributed by atoms with Crippen LogP contribution in [-0.4, -0.2) is 29.3 Å². The van der Waals surface area contributed by atoms with E-state index in [-0.39, 0.29) is 16.0 Å². The predicted molar refractivity (Wildman–Crippen MR) is 89.0 cm³/mol. The summed E-state index contributed by atoms with van der Waals surface area (Å²) < 4.78 is 0. The molecule has 0 radical (unpaired) electrons. The van der Waals surface area contributed by atoms with Gasteiger partial charge in [0.25, 0.3) is 5.91 Å². The van der Waals surface area contributed by atoms with E-state index in [0.717, 1.165) is 23.5 Å². The number of rotatable bonds is 4. The molecule has 114 valence electrons. The number of carbonyl (C=O) groups is 2. The van der Waals surface area contributed by atoms with Gasteiger partial charge in [-0.05, 0) is 35.4 Å². The fourth-order valence-corrected chi connectivity index (χ4v) is 4.49. The minimum atomic E-state index is -0.999. The first-order valence-corrected chi connectivity index (χ1v) is 8.82. The van der Waals surface area contributed by atoms with Gasteiger partial charge in [-0.1, -0.05) is 24.3 Å². The third-order valence-electron chi connectivity index (χ3n) is 3.58. The normalized spacial score (nSPS) is 16.8. The third kappa shape index (κ3) is 3.18. The number of carboxylic acids is 1. The summed E-state index contributed by atoms with van der Waals surface area (Å²) in [4.78, 5) is 23.6. The number of hydrogen-bond donors (Lipinski definition) is 2. The summed E-state index contributed by atoms with van der Waals surface area (Å²) in [5.74, 6) is -0.151. The van der Waals surface area contributed by atoms with Gasteiger partial charge in [0.15, 0.2) is 0 Å². The molecule has 3 rings (SSSR count). The number of benzene rings is 1. The molecule has 0 saturated carbocycles. The lowest BCUT2D eigenvalue weighted by Gasteiger charge is -2.25. The summed E-state index contributed by atoms with van der Waals surface area (Å²) in [6.45, 7) is 0.556. The second-order valence-corrected chi connectivity index (χ2v) is 7.38. The van der Waals surface area contributed by atoms with Gasteiger partial charge in [-0.15, -0.1) is 11.3 Å². The van der Waals surface area contributed by atoms with Crippen LogP contribution in [0.25, 0.3) is 0 Å². The molecular formula is C16H15NO3S2. The highest BCUT2D eigenvalue weighted by Gasteiger charge is 2.21. The summed E-state index contributed by atoms with van der Waals surface area (Å²) >= 11 is 2.85. The fraction of sp³-hybridized carbons (Fsp3) is 0.250. The Balaban J connectivity index is 1.65. The van der Waals surface area contributed by atoms with Crippen LogP contribution < -0.4 is 5.32 Å². The number of fused-ring (bicyclic) bond motifs is 1. The Kier molecular flexibility index (Phi) is 4.49. The smallest absolute Gasteiger partial charge is 0.345 e. The van der Waals surface area contributed by atoms with Crippen molar-refractivity contribution >= 4 is 35.0 Å². The summed E-state index contributed by atoms with van der Waals surface area (Å²) in [5, 5.41) is 12.1. The highest BCUT2D eigenvalue weighted by atomic mass is 32.2. The molecule has 0 spiro atoms. The first kappa shape index (κ1) is 15.1. The van der Waals surface area contributed by atoms with Crippen LogP contribution in [0.3, 0.4) is 0 Å². The van der Waals surface area contributed by atoms with Crippen LogP contribution in [-0.2, 0) is 6.42 Å². The number of thiophene rings is 1. The molecule has 2 N–H and O–H groups in total. The van der Waals surface area contributed by atoms with Gasteiger partial charge in [0.1, 0.15) is 4.88 Å². The van der Waals surface area contributed by atoms with Gasteiger partial charge in [-0.3, -0.25) is 4.79 Å². The van der Waals surface area contributed by atoms with Crippen molar-refractivity contribution in [2.45, 2.75) is 11.7 Å². The highest BCUT2D eigenvalue weighted by Crippen LogP contribution is 2.36. The number of amides is 1. The van der Waals surface area contributed by atoms with Gasteiger partial charge in [-0.2, -0.15) is 11.8 Å². The van der Waals surface area contributed by atoms with Crippen LogP contribution in [0.15, 0.2) is 36.4 Å². The molecule has 1 unspecified atom stereocenters. The first-order chi connectivity index (χ1) is 10.6. The highest BCUT2D eigenvalue weighted by molar-refractivity contribution is 7.99. The zero-order valence-corrected chi connectivity index (χ0v) is 13.4. The van der Waals surface area contributed by atoms with Crippen molar-refractivity contribution in [3.05, 3.63) is 57.3 Å². The van der Waals surface area contributed by atoms with Crippen molar-refractivity contribution in [1.82, 2.24) is 5.32 Å². The fourth-order valence-electron chi connectivity index (χ4n) is 2.49. The number of carbonyl (C=O) groups excluding carboxylic acids is 1. The Hall–Kier alpha value is -1.79. The zero-order chi connectivity index (χ0) is 15.5. The van der Waals surface area contributed by atoms with Gasteiger partial charge >= 0.3 is 5.97 Å². The molecule has 6 heteroatoms. The van der Waals surface area contributed by atoms with Gasteiger partial charge in [0.05, 0.1) is 4.88 Å². The molecule has 22 heavy (non-hydrogen) atoms. The van der Waals surface area contributed by atoms with Crippen LogP contribution in [0.1, 0.15) is 35.7 Å². The molecule has 0 fully saturated rings. The van der Waals surface area contributed by atoms with E-state index in [1.807, 2.05) is 23.9 Å². The number of nitrogens with one attached hydrogen (secondary N) is 1. The molecule has 4 nitrogen and oxygen atoms in total. The number of aryl methyl sites for hydroxylation is 1. The second kappa shape index (κ2) is 6.54. The standard InChI is InChI=1S/C16H15NO3S2/c18-15(12-5-6-13(22-12)16(19)20)17-9-14-11-4-2-1-3-10(11)7-8-21-14/h1-6,14H,7-9H2,(H,17,18)(H,19,20). The van der Waals surface area contributed by atoms with E-state index in [1.165, 1.54) is 17.2 Å². The van der Waals surface area contributed by atoms with Crippen molar-refractivity contribution in [2.75, 3.05) is 12.3 Å². The molecular weight excluding hydrogens is 318 g/mol. The molecule has 1 aliphatic rings. The zero-order valence-electron chi connectivity index (χ0n) is 11.7. The molecule has 2 heterocycles. The maximum Gasteiger partial charge on any atom is 0.345 e. The summed E-state index contributed by atoms with van der Waals surface area (Å²) in [6, 6.07) is 11.4. The van der Waals surface area contributed by atoms with E-state index in [9.17, 15) is 9.59 Å². The van der Waals surface area contributed by atoms with Gasteiger partial charge < -0.3 is 10.4 Å². The maximum atomic E-state index is 12.1. The Morgan fingerprint density at radius 1 is 1.18 bits per heavy atom. The van der Waals surface area contributed by atoms with Crippen molar-refractivity contribution in [2.24, 2.45) is 0 Å². The Bertz CT molecular complexity index is 711. The van der Waals surface area contributed by atoms with Crippen molar-refractivity contribution in [3.8, 4) is 0 Å². The Morgan fingerprint density at radius 3 is 2.73 bits per heavy atom. The van der Waals surface area contributed by atoms with E-state index < -0.39 is 5.97 Å². The molecule has 0 saturated heterocycles. The largest absolute Gasteiger partial charge is 0.477 e. The van der Waals surface area contributed by atoms with E-state index in [4.69, 9.17) is 5.11 Å². The lowest BCUT2D eigenvalue weighted by atomic mass is 10.0. The molecule has 0 aliphatic carbocycles. The third-order valence-corrected chi connectivity index (χ3v) is 5.92. The van der Waals surface area contributed by atoms with Crippen LogP contribution in [0.4, 0.5) is 0 Å². The monoisotopic (exact) mass is 333 g/mol. The van der Waals surface area contributed by atoms with Crippen molar-refractivity contribution in [1.29, 1.82) is 0 Å². The molecule has 1 aromatic carbocycles. The predicted octanol–water partition coefficient (Wildman–Crippen LogP) is 3.21. The van der Waals surface area contributed by atoms with Crippen LogP contribution in [0.2, 0.25) is 0 Å². The maximum absolute atomic E-state index is 12.1. The van der Waals surface area contributed by atoms with E-state index in [0.29, 0.717) is 11.4 Å². The minimum Gasteiger partial charge on any atom is -0.477 e. The lowest BCUT2D eigenvalue weighted by molar-refractivity contribution is 0.0702. The number of carboxylic acid groups (broad SMARTS) is 1. The average Bonchev–Trinajstić information content (AvgIpc) is 3.03. The van der Waals surface area contributed by atoms with Crippen molar-refractivity contribution in [3.63, 3.8) is 0 Å². The summed E-state index contributed by atoms with van der Waals surface area (Å²) in [6.07, 6.45) is 1.07. The molecule has 1 aliphatic heterocycles. The SMILES string of the molecule is O=C(O)c1ccc(C(=O)NCC2SCCc3ccccc32)s1. The van der Waals surface area contributed by atoms with Gasteiger partial charge in [0, 0.05) is 11.8 Å². The number of hydrogen-bond acceptors (Lipinski definition) is 4. The first-order valence-electron chi connectivity index (χ1n) is 6.96. The quantitative estimate of drug-likeness (QED) is 0.902. The minimum absolute atomic E-state index is 0.183. The molecule has 0 bridgehead atoms. The van der Waals surface area contributed by atoms with Gasteiger partial charge in [0.2, 0.25) is 0 Å². The van der Waals surface area contributed by atoms with Crippen LogP contribution >= 0.6 is 23.1 Å². The van der Waals surface area contributed by atoms with Crippen LogP contribution in [0, 0.1) is 0 Å². The van der Waals surface area contributed by atoms with Crippen molar-refractivity contribution < 1.29 is 14.7 Å². The van der Waals surface area contributed by atoms with Crippen LogP contribution in [0.5, 0.6) is 0 Å². The van der Waals surface area contributed by atoms with E-state index in [2.05, 4.69) is 17.4 Å². The van der Waals surface area contributed by atoms with Gasteiger partial charge in [-0.25, -0.2) is 4.79 Å². The Morgan fingerprint density at radius 2 is 1.95 bits per heavy atom. The topological polar surface area (TPSA) is 66.4 Å². The lowest BCUT2D eigenvalue weighted by Crippen LogP contribution is -2.28. The second-order valence-electron chi connectivity index (χ2n) is 4.99. The van der Waals surface area contributed by atoms with E-state index >= 15 is 0 Å². The number of thioether (sulfide) groups is 1. The molecule has 1 aromatic heterocycles. The summed E-state index contributed by atoms with van der Waals surface area (Å²) in [7, 11) is 0.